The Labute approximate surface area is 172 Å². The fourth-order valence-electron chi connectivity index (χ4n) is 2.85. The van der Waals surface area contributed by atoms with Crippen molar-refractivity contribution in [1.29, 1.82) is 0 Å². The van der Waals surface area contributed by atoms with Crippen LogP contribution in [-0.2, 0) is 9.84 Å². The van der Waals surface area contributed by atoms with Gasteiger partial charge in [0.15, 0.2) is 0 Å². The highest BCUT2D eigenvalue weighted by molar-refractivity contribution is 7.91. The average Bonchev–Trinajstić information content (AvgIpc) is 3.11. The van der Waals surface area contributed by atoms with Crippen molar-refractivity contribution < 1.29 is 12.8 Å². The first-order valence-electron chi connectivity index (χ1n) is 9.55. The molecule has 1 heterocycles. The number of anilines is 1. The van der Waals surface area contributed by atoms with Crippen molar-refractivity contribution in [3.63, 3.8) is 0 Å². The van der Waals surface area contributed by atoms with E-state index in [9.17, 15) is 8.42 Å². The fraction of sp³-hybridized carbons (Fsp3) is 0.318. The largest absolute Gasteiger partial charge is 0.419 e. The van der Waals surface area contributed by atoms with Gasteiger partial charge in [-0.15, -0.1) is 0 Å². The van der Waals surface area contributed by atoms with Crippen LogP contribution in [0.4, 0.5) is 5.88 Å². The zero-order valence-electron chi connectivity index (χ0n) is 17.3. The van der Waals surface area contributed by atoms with Gasteiger partial charge in [-0.2, -0.15) is 4.98 Å². The minimum atomic E-state index is -3.81. The number of rotatable bonds is 8. The van der Waals surface area contributed by atoms with Gasteiger partial charge in [-0.1, -0.05) is 35.4 Å². The molecular formula is C22H27N3O3S. The summed E-state index contributed by atoms with van der Waals surface area (Å²) in [6.45, 7) is 5.37. The Balaban J connectivity index is 1.98. The molecule has 0 amide bonds. The predicted octanol–water partition coefficient (Wildman–Crippen LogP) is 4.15. The van der Waals surface area contributed by atoms with Crippen LogP contribution in [0, 0.1) is 13.8 Å². The van der Waals surface area contributed by atoms with E-state index in [2.05, 4.69) is 15.2 Å². The van der Waals surface area contributed by atoms with Crippen LogP contribution < -0.4 is 5.32 Å². The molecular weight excluding hydrogens is 386 g/mol. The summed E-state index contributed by atoms with van der Waals surface area (Å²) in [5.41, 5.74) is 2.83. The molecule has 0 aliphatic heterocycles. The SMILES string of the molecule is Cc1ccc(-c2nc(S(=O)(=O)c3ccc(C)cc3)c(NCCCN(C)C)o2)cc1. The molecule has 6 nitrogen and oxygen atoms in total. The van der Waals surface area contributed by atoms with Crippen LogP contribution in [0.25, 0.3) is 11.5 Å². The van der Waals surface area contributed by atoms with Gasteiger partial charge in [-0.3, -0.25) is 0 Å². The highest BCUT2D eigenvalue weighted by Crippen LogP contribution is 2.32. The summed E-state index contributed by atoms with van der Waals surface area (Å²) < 4.78 is 32.3. The van der Waals surface area contributed by atoms with Crippen molar-refractivity contribution in [2.24, 2.45) is 0 Å². The molecule has 0 saturated carbocycles. The van der Waals surface area contributed by atoms with Gasteiger partial charge in [-0.25, -0.2) is 8.42 Å². The number of benzene rings is 2. The summed E-state index contributed by atoms with van der Waals surface area (Å²) in [4.78, 5) is 6.64. The normalized spacial score (nSPS) is 11.8. The van der Waals surface area contributed by atoms with Gasteiger partial charge in [0.2, 0.25) is 26.6 Å². The maximum absolute atomic E-state index is 13.2. The predicted molar refractivity (Wildman–Crippen MR) is 115 cm³/mol. The molecule has 3 aromatic rings. The van der Waals surface area contributed by atoms with Gasteiger partial charge in [0.05, 0.1) is 4.90 Å². The molecule has 0 spiro atoms. The van der Waals surface area contributed by atoms with Crippen LogP contribution in [-0.4, -0.2) is 45.5 Å². The Kier molecular flexibility index (Phi) is 6.39. The van der Waals surface area contributed by atoms with Crippen LogP contribution in [0.1, 0.15) is 17.5 Å². The van der Waals surface area contributed by atoms with Crippen molar-refractivity contribution >= 4 is 15.7 Å². The van der Waals surface area contributed by atoms with Gasteiger partial charge in [-0.05, 0) is 65.2 Å². The number of oxazole rings is 1. The van der Waals surface area contributed by atoms with E-state index in [1.165, 1.54) is 0 Å². The fourth-order valence-corrected chi connectivity index (χ4v) is 4.12. The minimum absolute atomic E-state index is 0.0817. The third-order valence-electron chi connectivity index (χ3n) is 4.55. The van der Waals surface area contributed by atoms with Crippen LogP contribution in [0.5, 0.6) is 0 Å². The van der Waals surface area contributed by atoms with Crippen molar-refractivity contribution in [2.75, 3.05) is 32.5 Å². The van der Waals surface area contributed by atoms with Crippen LogP contribution >= 0.6 is 0 Å². The van der Waals surface area contributed by atoms with E-state index in [0.29, 0.717) is 6.54 Å². The van der Waals surface area contributed by atoms with E-state index in [1.54, 1.807) is 24.3 Å². The standard InChI is InChI=1S/C22H27N3O3S/c1-16-6-10-18(11-7-16)20-24-22(21(28-20)23-14-5-15-25(3)4)29(26,27)19-12-8-17(2)9-13-19/h6-13,23H,5,14-15H2,1-4H3. The van der Waals surface area contributed by atoms with Gasteiger partial charge in [0.1, 0.15) is 0 Å². The van der Waals surface area contributed by atoms with E-state index >= 15 is 0 Å². The Morgan fingerprint density at radius 2 is 1.55 bits per heavy atom. The summed E-state index contributed by atoms with van der Waals surface area (Å²) in [5, 5.41) is 3.04. The maximum Gasteiger partial charge on any atom is 0.233 e. The van der Waals surface area contributed by atoms with Crippen molar-refractivity contribution in [1.82, 2.24) is 9.88 Å². The number of sulfone groups is 1. The lowest BCUT2D eigenvalue weighted by molar-refractivity contribution is 0.404. The number of nitrogens with zero attached hydrogens (tertiary/aromatic N) is 2. The molecule has 0 aliphatic carbocycles. The molecule has 0 fully saturated rings. The van der Waals surface area contributed by atoms with Crippen LogP contribution in [0.3, 0.4) is 0 Å². The zero-order chi connectivity index (χ0) is 21.0. The summed E-state index contributed by atoms with van der Waals surface area (Å²) in [6, 6.07) is 14.4. The van der Waals surface area contributed by atoms with E-state index < -0.39 is 9.84 Å². The molecule has 0 bridgehead atoms. The lowest BCUT2D eigenvalue weighted by Crippen LogP contribution is -2.17. The molecule has 154 valence electrons. The highest BCUT2D eigenvalue weighted by atomic mass is 32.2. The molecule has 0 atom stereocenters. The Hall–Kier alpha value is -2.64. The Morgan fingerprint density at radius 3 is 2.14 bits per heavy atom. The Bertz CT molecular complexity index is 1050. The van der Waals surface area contributed by atoms with Crippen molar-refractivity contribution in [2.45, 2.75) is 30.2 Å². The molecule has 0 radical (unpaired) electrons. The van der Waals surface area contributed by atoms with Gasteiger partial charge >= 0.3 is 0 Å². The van der Waals surface area contributed by atoms with Crippen LogP contribution in [0.15, 0.2) is 62.9 Å². The first-order valence-corrected chi connectivity index (χ1v) is 11.0. The van der Waals surface area contributed by atoms with Crippen LogP contribution in [0.2, 0.25) is 0 Å². The summed E-state index contributed by atoms with van der Waals surface area (Å²) in [6.07, 6.45) is 0.845. The molecule has 29 heavy (non-hydrogen) atoms. The number of aromatic nitrogens is 1. The third-order valence-corrected chi connectivity index (χ3v) is 6.23. The minimum Gasteiger partial charge on any atom is -0.419 e. The topological polar surface area (TPSA) is 75.4 Å². The lowest BCUT2D eigenvalue weighted by Gasteiger charge is -2.10. The first kappa shape index (κ1) is 21.1. The number of aryl methyl sites for hydroxylation is 2. The summed E-state index contributed by atoms with van der Waals surface area (Å²) in [7, 11) is 0.182. The highest BCUT2D eigenvalue weighted by Gasteiger charge is 2.28. The van der Waals surface area contributed by atoms with Crippen molar-refractivity contribution in [3.05, 3.63) is 59.7 Å². The quantitative estimate of drug-likeness (QED) is 0.559. The van der Waals surface area contributed by atoms with Crippen molar-refractivity contribution in [3.8, 4) is 11.5 Å². The molecule has 7 heteroatoms. The van der Waals surface area contributed by atoms with Gasteiger partial charge < -0.3 is 14.6 Å². The van der Waals surface area contributed by atoms with E-state index in [1.807, 2.05) is 52.2 Å². The monoisotopic (exact) mass is 413 g/mol. The maximum atomic E-state index is 13.2. The summed E-state index contributed by atoms with van der Waals surface area (Å²) in [5.74, 6) is 0.464. The molecule has 1 aromatic heterocycles. The molecule has 0 aliphatic rings. The average molecular weight is 414 g/mol. The number of hydrogen-bond acceptors (Lipinski definition) is 6. The smallest absolute Gasteiger partial charge is 0.233 e. The molecule has 1 N–H and O–H groups in total. The van der Waals surface area contributed by atoms with E-state index in [4.69, 9.17) is 4.42 Å². The second-order valence-corrected chi connectivity index (χ2v) is 9.28. The van der Waals surface area contributed by atoms with Gasteiger partial charge in [0, 0.05) is 12.1 Å². The van der Waals surface area contributed by atoms with E-state index in [-0.39, 0.29) is 21.7 Å². The molecule has 3 rings (SSSR count). The Morgan fingerprint density at radius 1 is 0.966 bits per heavy atom. The zero-order valence-corrected chi connectivity index (χ0v) is 18.1. The molecule has 2 aromatic carbocycles. The first-order chi connectivity index (χ1) is 13.8. The molecule has 0 saturated heterocycles. The van der Waals surface area contributed by atoms with E-state index in [0.717, 1.165) is 29.7 Å². The lowest BCUT2D eigenvalue weighted by atomic mass is 10.1. The second-order valence-electron chi connectivity index (χ2n) is 7.42. The summed E-state index contributed by atoms with van der Waals surface area (Å²) >= 11 is 0. The van der Waals surface area contributed by atoms with Gasteiger partial charge in [0.25, 0.3) is 0 Å². The second kappa shape index (κ2) is 8.80. The third kappa shape index (κ3) is 5.05. The molecule has 0 unspecified atom stereocenters. The number of hydrogen-bond donors (Lipinski definition) is 1. The number of nitrogens with one attached hydrogen (secondary N) is 1.